The maximum atomic E-state index is 14.1. The SMILES string of the molecule is COC(=O)C(=O)CC(=O)c1ccc2c(c1)S(=O)(=O)N=C(c1c(O)c3cc(F)ccc3n(CCC3CC3)c1=O)N2. The van der Waals surface area contributed by atoms with E-state index in [1.165, 1.54) is 28.8 Å². The summed E-state index contributed by atoms with van der Waals surface area (Å²) in [5, 5.41) is 13.7. The summed E-state index contributed by atoms with van der Waals surface area (Å²) in [6.45, 7) is 0.283. The molecule has 2 N–H and O–H groups in total. The van der Waals surface area contributed by atoms with Gasteiger partial charge in [-0.15, -0.1) is 4.40 Å². The Kier molecular flexibility index (Phi) is 6.54. The standard InChI is InChI=1S/C26H22FN3O8S/c1-38-26(35)20(32)12-19(31)14-4-6-17-21(10-14)39(36,37)29-24(28-17)22-23(33)16-11-15(27)5-7-18(16)30(25(22)34)9-8-13-2-3-13/h4-7,10-11,13,33H,2-3,8-9,12H2,1H3,(H,28,29). The summed E-state index contributed by atoms with van der Waals surface area (Å²) in [6.07, 6.45) is 1.94. The van der Waals surface area contributed by atoms with E-state index in [9.17, 15) is 37.1 Å². The minimum absolute atomic E-state index is 0.0179. The molecule has 0 radical (unpaired) electrons. The molecule has 202 valence electrons. The molecule has 1 aromatic heterocycles. The zero-order valence-corrected chi connectivity index (χ0v) is 21.4. The fourth-order valence-electron chi connectivity index (χ4n) is 4.44. The number of nitrogens with one attached hydrogen (secondary N) is 1. The highest BCUT2D eigenvalue weighted by Gasteiger charge is 2.32. The summed E-state index contributed by atoms with van der Waals surface area (Å²) in [5.41, 5.74) is -1.06. The lowest BCUT2D eigenvalue weighted by Crippen LogP contribution is -2.33. The van der Waals surface area contributed by atoms with Gasteiger partial charge in [0, 0.05) is 17.5 Å². The van der Waals surface area contributed by atoms with Gasteiger partial charge in [0.2, 0.25) is 5.78 Å². The number of nitrogens with zero attached hydrogens (tertiary/aromatic N) is 2. The number of halogens is 1. The Morgan fingerprint density at radius 1 is 1.18 bits per heavy atom. The van der Waals surface area contributed by atoms with Crippen molar-refractivity contribution in [1.82, 2.24) is 4.57 Å². The summed E-state index contributed by atoms with van der Waals surface area (Å²) in [5.74, 6) is -4.40. The van der Waals surface area contributed by atoms with E-state index in [4.69, 9.17) is 0 Å². The van der Waals surface area contributed by atoms with Crippen molar-refractivity contribution in [3.8, 4) is 5.75 Å². The van der Waals surface area contributed by atoms with Crippen LogP contribution in [-0.2, 0) is 30.9 Å². The summed E-state index contributed by atoms with van der Waals surface area (Å²) < 4.78 is 49.7. The number of aryl methyl sites for hydroxylation is 1. The molecule has 0 bridgehead atoms. The van der Waals surface area contributed by atoms with Crippen molar-refractivity contribution in [2.45, 2.75) is 37.1 Å². The van der Waals surface area contributed by atoms with E-state index in [1.54, 1.807) is 0 Å². The molecular formula is C26H22FN3O8S. The van der Waals surface area contributed by atoms with E-state index in [1.807, 2.05) is 0 Å². The van der Waals surface area contributed by atoms with Gasteiger partial charge in [0.25, 0.3) is 15.6 Å². The molecule has 2 aliphatic rings. The number of anilines is 1. The number of ether oxygens (including phenoxy) is 1. The minimum Gasteiger partial charge on any atom is -0.506 e. The molecule has 11 nitrogen and oxygen atoms in total. The molecule has 3 aromatic rings. The topological polar surface area (TPSA) is 161 Å². The largest absolute Gasteiger partial charge is 0.506 e. The van der Waals surface area contributed by atoms with E-state index in [0.717, 1.165) is 32.1 Å². The number of carbonyl (C=O) groups excluding carboxylic acids is 3. The van der Waals surface area contributed by atoms with Crippen molar-refractivity contribution in [1.29, 1.82) is 0 Å². The Morgan fingerprint density at radius 2 is 1.92 bits per heavy atom. The normalized spacial score (nSPS) is 15.7. The number of aromatic nitrogens is 1. The van der Waals surface area contributed by atoms with Crippen LogP contribution >= 0.6 is 0 Å². The predicted molar refractivity (Wildman–Crippen MR) is 137 cm³/mol. The number of amidine groups is 1. The molecule has 0 saturated heterocycles. The number of rotatable bonds is 8. The summed E-state index contributed by atoms with van der Waals surface area (Å²) >= 11 is 0. The van der Waals surface area contributed by atoms with Gasteiger partial charge in [-0.1, -0.05) is 12.8 Å². The lowest BCUT2D eigenvalue weighted by atomic mass is 10.0. The zero-order chi connectivity index (χ0) is 28.1. The second-order valence-electron chi connectivity index (χ2n) is 9.34. The van der Waals surface area contributed by atoms with Crippen LogP contribution in [0.5, 0.6) is 5.75 Å². The van der Waals surface area contributed by atoms with Crippen molar-refractivity contribution >= 4 is 50.0 Å². The van der Waals surface area contributed by atoms with Crippen LogP contribution in [0.4, 0.5) is 10.1 Å². The highest BCUT2D eigenvalue weighted by atomic mass is 32.2. The van der Waals surface area contributed by atoms with E-state index in [-0.39, 0.29) is 23.2 Å². The van der Waals surface area contributed by atoms with Gasteiger partial charge < -0.3 is 19.7 Å². The number of pyridine rings is 1. The highest BCUT2D eigenvalue weighted by molar-refractivity contribution is 7.90. The second kappa shape index (κ2) is 9.73. The van der Waals surface area contributed by atoms with E-state index in [2.05, 4.69) is 14.5 Å². The molecule has 0 unspecified atom stereocenters. The quantitative estimate of drug-likeness (QED) is 0.184. The van der Waals surface area contributed by atoms with Crippen LogP contribution in [0.25, 0.3) is 10.9 Å². The van der Waals surface area contributed by atoms with Gasteiger partial charge in [0.05, 0.1) is 24.7 Å². The predicted octanol–water partition coefficient (Wildman–Crippen LogP) is 2.52. The molecule has 1 aliphatic heterocycles. The summed E-state index contributed by atoms with van der Waals surface area (Å²) in [6, 6.07) is 7.08. The van der Waals surface area contributed by atoms with Gasteiger partial charge in [0.1, 0.15) is 22.0 Å². The number of ketones is 2. The Balaban J connectivity index is 1.57. The fourth-order valence-corrected chi connectivity index (χ4v) is 5.59. The van der Waals surface area contributed by atoms with Crippen LogP contribution in [0.2, 0.25) is 0 Å². The molecule has 1 aliphatic carbocycles. The fraction of sp³-hybridized carbons (Fsp3) is 0.269. The highest BCUT2D eigenvalue weighted by Crippen LogP contribution is 2.35. The number of hydrogen-bond donors (Lipinski definition) is 2. The number of Topliss-reactive ketones (excluding diaryl/α,β-unsaturated/α-hetero) is 2. The van der Waals surface area contributed by atoms with Crippen LogP contribution in [0.1, 0.15) is 41.6 Å². The third-order valence-corrected chi connectivity index (χ3v) is 7.99. The molecule has 1 saturated carbocycles. The molecule has 0 spiro atoms. The van der Waals surface area contributed by atoms with Crippen LogP contribution in [0.3, 0.4) is 0 Å². The lowest BCUT2D eigenvalue weighted by molar-refractivity contribution is -0.151. The molecular weight excluding hydrogens is 533 g/mol. The summed E-state index contributed by atoms with van der Waals surface area (Å²) in [7, 11) is -3.52. The van der Waals surface area contributed by atoms with Crippen LogP contribution in [-0.4, -0.2) is 48.6 Å². The molecule has 2 aromatic carbocycles. The van der Waals surface area contributed by atoms with Gasteiger partial charge in [-0.25, -0.2) is 9.18 Å². The van der Waals surface area contributed by atoms with Crippen molar-refractivity contribution in [3.05, 3.63) is 63.7 Å². The molecule has 0 amide bonds. The first kappa shape index (κ1) is 26.2. The third kappa shape index (κ3) is 4.92. The average molecular weight is 556 g/mol. The first-order valence-electron chi connectivity index (χ1n) is 12.0. The van der Waals surface area contributed by atoms with Gasteiger partial charge >= 0.3 is 5.97 Å². The van der Waals surface area contributed by atoms with E-state index in [0.29, 0.717) is 17.9 Å². The molecule has 39 heavy (non-hydrogen) atoms. The Labute approximate surface area is 221 Å². The number of esters is 1. The average Bonchev–Trinajstić information content (AvgIpc) is 3.72. The lowest BCUT2D eigenvalue weighted by Gasteiger charge is -2.21. The Bertz CT molecular complexity index is 1770. The molecule has 1 fully saturated rings. The van der Waals surface area contributed by atoms with Crippen molar-refractivity contribution < 1.29 is 37.0 Å². The monoisotopic (exact) mass is 555 g/mol. The Morgan fingerprint density at radius 3 is 2.62 bits per heavy atom. The second-order valence-corrected chi connectivity index (χ2v) is 10.9. The smallest absolute Gasteiger partial charge is 0.374 e. The minimum atomic E-state index is -4.51. The number of hydrogen-bond acceptors (Lipinski definition) is 9. The first-order chi connectivity index (χ1) is 18.5. The number of benzene rings is 2. The maximum Gasteiger partial charge on any atom is 0.374 e. The number of aromatic hydroxyl groups is 1. The van der Waals surface area contributed by atoms with Crippen molar-refractivity contribution in [2.24, 2.45) is 10.3 Å². The van der Waals surface area contributed by atoms with Gasteiger partial charge in [-0.2, -0.15) is 8.42 Å². The maximum absolute atomic E-state index is 14.1. The first-order valence-corrected chi connectivity index (χ1v) is 13.4. The zero-order valence-electron chi connectivity index (χ0n) is 20.6. The van der Waals surface area contributed by atoms with Crippen LogP contribution in [0.15, 0.2) is 50.5 Å². The summed E-state index contributed by atoms with van der Waals surface area (Å²) in [4.78, 5) is 48.7. The molecule has 5 rings (SSSR count). The van der Waals surface area contributed by atoms with E-state index >= 15 is 0 Å². The van der Waals surface area contributed by atoms with Crippen molar-refractivity contribution in [2.75, 3.05) is 12.4 Å². The number of fused-ring (bicyclic) bond motifs is 2. The van der Waals surface area contributed by atoms with Crippen LogP contribution < -0.4 is 10.9 Å². The molecule has 2 heterocycles. The van der Waals surface area contributed by atoms with Crippen LogP contribution in [0, 0.1) is 11.7 Å². The Hall–Kier alpha value is -4.39. The third-order valence-electron chi connectivity index (χ3n) is 6.68. The van der Waals surface area contributed by atoms with E-state index < -0.39 is 67.4 Å². The number of sulfonamides is 1. The van der Waals surface area contributed by atoms with Gasteiger partial charge in [-0.3, -0.25) is 14.4 Å². The molecule has 13 heteroatoms. The number of methoxy groups -OCH3 is 1. The van der Waals surface area contributed by atoms with Gasteiger partial charge in [-0.05, 0) is 48.7 Å². The number of carbonyl (C=O) groups is 3. The van der Waals surface area contributed by atoms with Gasteiger partial charge in [0.15, 0.2) is 11.6 Å². The molecule has 0 atom stereocenters. The van der Waals surface area contributed by atoms with Crippen molar-refractivity contribution in [3.63, 3.8) is 0 Å².